The van der Waals surface area contributed by atoms with Crippen molar-refractivity contribution in [1.29, 1.82) is 0 Å². The molecule has 0 spiro atoms. The monoisotopic (exact) mass is 214 g/mol. The fourth-order valence-corrected chi connectivity index (χ4v) is 2.02. The van der Waals surface area contributed by atoms with Crippen LogP contribution >= 0.6 is 0 Å². The van der Waals surface area contributed by atoms with Crippen LogP contribution in [0.3, 0.4) is 0 Å². The molecule has 15 heavy (non-hydrogen) atoms. The van der Waals surface area contributed by atoms with Crippen LogP contribution in [0.4, 0.5) is 0 Å². The van der Waals surface area contributed by atoms with Gasteiger partial charge in [-0.1, -0.05) is 65.7 Å². The van der Waals surface area contributed by atoms with Gasteiger partial charge in [-0.15, -0.1) is 0 Å². The fourth-order valence-electron chi connectivity index (χ4n) is 2.02. The second-order valence-corrected chi connectivity index (χ2v) is 4.89. The molecule has 0 fully saturated rings. The molecular weight excluding hydrogens is 184 g/mol. The number of aliphatic hydroxyl groups excluding tert-OH is 1. The highest BCUT2D eigenvalue weighted by atomic mass is 16.3. The van der Waals surface area contributed by atoms with E-state index < -0.39 is 0 Å². The topological polar surface area (TPSA) is 20.2 Å². The van der Waals surface area contributed by atoms with Gasteiger partial charge in [0.15, 0.2) is 0 Å². The number of aliphatic hydroxyl groups is 1. The Labute approximate surface area is 96.3 Å². The number of hydrogen-bond acceptors (Lipinski definition) is 1. The number of hydrogen-bond donors (Lipinski definition) is 1. The van der Waals surface area contributed by atoms with Crippen LogP contribution in [-0.2, 0) is 0 Å². The zero-order chi connectivity index (χ0) is 11.5. The van der Waals surface area contributed by atoms with Gasteiger partial charge in [-0.2, -0.15) is 0 Å². The van der Waals surface area contributed by atoms with Crippen molar-refractivity contribution in [2.24, 2.45) is 5.92 Å². The first kappa shape index (κ1) is 15.0. The van der Waals surface area contributed by atoms with Gasteiger partial charge in [0.2, 0.25) is 0 Å². The zero-order valence-electron chi connectivity index (χ0n) is 11.0. The molecule has 0 rings (SSSR count). The minimum Gasteiger partial charge on any atom is -0.393 e. The van der Waals surface area contributed by atoms with E-state index in [0.29, 0.717) is 5.92 Å². The summed E-state index contributed by atoms with van der Waals surface area (Å²) in [6.45, 7) is 6.58. The molecule has 0 saturated heterocycles. The summed E-state index contributed by atoms with van der Waals surface area (Å²) in [6, 6.07) is 0. The van der Waals surface area contributed by atoms with E-state index in [1.165, 1.54) is 44.9 Å². The van der Waals surface area contributed by atoms with Gasteiger partial charge in [0, 0.05) is 0 Å². The van der Waals surface area contributed by atoms with Crippen LogP contribution in [-0.4, -0.2) is 11.2 Å². The van der Waals surface area contributed by atoms with Gasteiger partial charge in [-0.05, 0) is 18.8 Å². The minimum absolute atomic E-state index is 0.0642. The first-order chi connectivity index (χ1) is 7.22. The predicted molar refractivity (Wildman–Crippen MR) is 68.1 cm³/mol. The Morgan fingerprint density at radius 2 is 1.40 bits per heavy atom. The average Bonchev–Trinajstić information content (AvgIpc) is 2.23. The molecule has 2 atom stereocenters. The quantitative estimate of drug-likeness (QED) is 0.530. The first-order valence-electron chi connectivity index (χ1n) is 6.90. The molecule has 0 bridgehead atoms. The van der Waals surface area contributed by atoms with Crippen LogP contribution in [0, 0.1) is 5.92 Å². The number of rotatable bonds is 10. The third-order valence-electron chi connectivity index (χ3n) is 3.25. The van der Waals surface area contributed by atoms with E-state index in [-0.39, 0.29) is 6.10 Å². The van der Waals surface area contributed by atoms with Crippen LogP contribution in [0.25, 0.3) is 0 Å². The summed E-state index contributed by atoms with van der Waals surface area (Å²) in [5, 5.41) is 9.76. The SMILES string of the molecule is CCCCCCCC[C@H](C)[C@H](O)CCC. The summed E-state index contributed by atoms with van der Waals surface area (Å²) in [6.07, 6.45) is 11.3. The van der Waals surface area contributed by atoms with Gasteiger partial charge in [-0.3, -0.25) is 0 Å². The Kier molecular flexibility index (Phi) is 10.4. The molecule has 0 aliphatic rings. The molecular formula is C14H30O. The van der Waals surface area contributed by atoms with Gasteiger partial charge in [0.25, 0.3) is 0 Å². The summed E-state index contributed by atoms with van der Waals surface area (Å²) in [5.74, 6) is 0.496. The summed E-state index contributed by atoms with van der Waals surface area (Å²) >= 11 is 0. The highest BCUT2D eigenvalue weighted by Crippen LogP contribution is 2.17. The van der Waals surface area contributed by atoms with Crippen molar-refractivity contribution < 1.29 is 5.11 Å². The van der Waals surface area contributed by atoms with E-state index in [0.717, 1.165) is 12.8 Å². The lowest BCUT2D eigenvalue weighted by Crippen LogP contribution is -2.16. The zero-order valence-corrected chi connectivity index (χ0v) is 11.0. The molecule has 0 aromatic heterocycles. The highest BCUT2D eigenvalue weighted by Gasteiger charge is 2.12. The van der Waals surface area contributed by atoms with E-state index >= 15 is 0 Å². The lowest BCUT2D eigenvalue weighted by Gasteiger charge is -2.17. The molecule has 0 unspecified atom stereocenters. The third kappa shape index (κ3) is 8.92. The Morgan fingerprint density at radius 1 is 0.800 bits per heavy atom. The van der Waals surface area contributed by atoms with E-state index in [1.54, 1.807) is 0 Å². The van der Waals surface area contributed by atoms with Crippen molar-refractivity contribution in [3.8, 4) is 0 Å². The van der Waals surface area contributed by atoms with Crippen LogP contribution in [0.15, 0.2) is 0 Å². The molecule has 1 heteroatoms. The van der Waals surface area contributed by atoms with E-state index in [1.807, 2.05) is 0 Å². The van der Waals surface area contributed by atoms with Gasteiger partial charge >= 0.3 is 0 Å². The molecule has 0 heterocycles. The van der Waals surface area contributed by atoms with Gasteiger partial charge < -0.3 is 5.11 Å². The predicted octanol–water partition coefficient (Wildman–Crippen LogP) is 4.53. The Morgan fingerprint density at radius 3 is 2.00 bits per heavy atom. The Balaban J connectivity index is 3.26. The van der Waals surface area contributed by atoms with Gasteiger partial charge in [0.05, 0.1) is 6.10 Å². The van der Waals surface area contributed by atoms with E-state index in [9.17, 15) is 5.11 Å². The summed E-state index contributed by atoms with van der Waals surface area (Å²) < 4.78 is 0. The first-order valence-corrected chi connectivity index (χ1v) is 6.90. The summed E-state index contributed by atoms with van der Waals surface area (Å²) in [4.78, 5) is 0. The number of unbranched alkanes of at least 4 members (excludes halogenated alkanes) is 5. The maximum absolute atomic E-state index is 9.76. The lowest BCUT2D eigenvalue weighted by molar-refractivity contribution is 0.101. The molecule has 1 nitrogen and oxygen atoms in total. The second-order valence-electron chi connectivity index (χ2n) is 4.89. The van der Waals surface area contributed by atoms with Crippen LogP contribution in [0.1, 0.15) is 78.6 Å². The van der Waals surface area contributed by atoms with Crippen molar-refractivity contribution in [3.05, 3.63) is 0 Å². The standard InChI is InChI=1S/C14H30O/c1-4-6-7-8-9-10-12-13(3)14(15)11-5-2/h13-15H,4-12H2,1-3H3/t13-,14+/m0/s1. The van der Waals surface area contributed by atoms with Crippen LogP contribution in [0.5, 0.6) is 0 Å². The van der Waals surface area contributed by atoms with E-state index in [4.69, 9.17) is 0 Å². The fraction of sp³-hybridized carbons (Fsp3) is 1.00. The van der Waals surface area contributed by atoms with Crippen LogP contribution in [0.2, 0.25) is 0 Å². The highest BCUT2D eigenvalue weighted by molar-refractivity contribution is 4.64. The summed E-state index contributed by atoms with van der Waals surface area (Å²) in [7, 11) is 0. The van der Waals surface area contributed by atoms with Crippen molar-refractivity contribution >= 4 is 0 Å². The molecule has 0 aromatic carbocycles. The van der Waals surface area contributed by atoms with Crippen molar-refractivity contribution in [2.45, 2.75) is 84.7 Å². The normalized spacial score (nSPS) is 15.2. The van der Waals surface area contributed by atoms with E-state index in [2.05, 4.69) is 20.8 Å². The molecule has 0 amide bonds. The molecule has 92 valence electrons. The van der Waals surface area contributed by atoms with Crippen LogP contribution < -0.4 is 0 Å². The molecule has 0 radical (unpaired) electrons. The molecule has 1 N–H and O–H groups in total. The molecule has 0 saturated carbocycles. The van der Waals surface area contributed by atoms with Gasteiger partial charge in [0.1, 0.15) is 0 Å². The summed E-state index contributed by atoms with van der Waals surface area (Å²) in [5.41, 5.74) is 0. The van der Waals surface area contributed by atoms with Crippen molar-refractivity contribution in [3.63, 3.8) is 0 Å². The Bertz CT molecular complexity index is 123. The smallest absolute Gasteiger partial charge is 0.0565 e. The minimum atomic E-state index is -0.0642. The third-order valence-corrected chi connectivity index (χ3v) is 3.25. The molecule has 0 aromatic rings. The molecule has 0 aliphatic heterocycles. The maximum atomic E-state index is 9.76. The van der Waals surface area contributed by atoms with Gasteiger partial charge in [-0.25, -0.2) is 0 Å². The van der Waals surface area contributed by atoms with Crippen molar-refractivity contribution in [1.82, 2.24) is 0 Å². The lowest BCUT2D eigenvalue weighted by atomic mass is 9.94. The average molecular weight is 214 g/mol. The largest absolute Gasteiger partial charge is 0.393 e. The maximum Gasteiger partial charge on any atom is 0.0565 e. The molecule has 0 aliphatic carbocycles. The Hall–Kier alpha value is -0.0400. The second kappa shape index (κ2) is 10.5. The van der Waals surface area contributed by atoms with Crippen molar-refractivity contribution in [2.75, 3.05) is 0 Å².